The van der Waals surface area contributed by atoms with Crippen LogP contribution >= 0.6 is 15.9 Å². The van der Waals surface area contributed by atoms with E-state index in [2.05, 4.69) is 21.1 Å². The van der Waals surface area contributed by atoms with E-state index in [1.165, 1.54) is 35.2 Å². The number of carbonyl (C=O) groups is 2. The first-order valence-electron chi connectivity index (χ1n) is 8.62. The summed E-state index contributed by atoms with van der Waals surface area (Å²) in [5.41, 5.74) is 0.698. The van der Waals surface area contributed by atoms with Gasteiger partial charge in [0.2, 0.25) is 0 Å². The van der Waals surface area contributed by atoms with Crippen LogP contribution in [0.4, 0.5) is 10.2 Å². The molecule has 1 aliphatic heterocycles. The first-order valence-corrected chi connectivity index (χ1v) is 9.42. The lowest BCUT2D eigenvalue weighted by molar-refractivity contribution is -0.132. The van der Waals surface area contributed by atoms with Crippen LogP contribution in [0.3, 0.4) is 0 Å². The highest BCUT2D eigenvalue weighted by Gasteiger charge is 2.48. The van der Waals surface area contributed by atoms with Crippen molar-refractivity contribution in [1.29, 1.82) is 0 Å². The molecule has 2 heterocycles. The quantitative estimate of drug-likeness (QED) is 0.356. The van der Waals surface area contributed by atoms with Gasteiger partial charge in [-0.2, -0.15) is 0 Å². The van der Waals surface area contributed by atoms with Crippen LogP contribution < -0.4 is 4.90 Å². The minimum absolute atomic E-state index is 0.111. The second-order valence-electron chi connectivity index (χ2n) is 6.53. The number of benzene rings is 2. The summed E-state index contributed by atoms with van der Waals surface area (Å²) >= 11 is 3.39. The molecular formula is C21H14BrFN2O4. The minimum atomic E-state index is -0.929. The Balaban J connectivity index is 1.95. The van der Waals surface area contributed by atoms with Gasteiger partial charge in [0.15, 0.2) is 5.82 Å². The minimum Gasteiger partial charge on any atom is -0.507 e. The maximum Gasteiger partial charge on any atom is 0.301 e. The second kappa shape index (κ2) is 7.29. The van der Waals surface area contributed by atoms with E-state index in [0.29, 0.717) is 11.3 Å². The van der Waals surface area contributed by atoms with Gasteiger partial charge in [0.1, 0.15) is 17.3 Å². The van der Waals surface area contributed by atoms with Crippen molar-refractivity contribution in [2.75, 3.05) is 4.90 Å². The molecular weight excluding hydrogens is 443 g/mol. The van der Waals surface area contributed by atoms with E-state index >= 15 is 0 Å². The molecule has 2 aromatic carbocycles. The van der Waals surface area contributed by atoms with Crippen LogP contribution in [0.1, 0.15) is 22.9 Å². The standard InChI is InChI=1S/C21H14BrFN2O4/c1-11-9-16(24-29-11)25-18(13-3-2-4-14(22)10-13)17(20(27)21(25)28)19(26)12-5-7-15(23)8-6-12/h2-10,18,26H,1H3. The number of aryl methyl sites for hydroxylation is 1. The van der Waals surface area contributed by atoms with Gasteiger partial charge >= 0.3 is 5.91 Å². The molecule has 1 amide bonds. The number of hydrogen-bond donors (Lipinski definition) is 1. The Morgan fingerprint density at radius 3 is 2.52 bits per heavy atom. The summed E-state index contributed by atoms with van der Waals surface area (Å²) in [5, 5.41) is 14.7. The molecule has 1 aliphatic rings. The number of amides is 1. The van der Waals surface area contributed by atoms with Crippen molar-refractivity contribution in [1.82, 2.24) is 5.16 Å². The predicted octanol–water partition coefficient (Wildman–Crippen LogP) is 4.51. The summed E-state index contributed by atoms with van der Waals surface area (Å²) in [6.07, 6.45) is 0. The topological polar surface area (TPSA) is 83.6 Å². The summed E-state index contributed by atoms with van der Waals surface area (Å²) in [5.74, 6) is -1.95. The number of ketones is 1. The van der Waals surface area contributed by atoms with Gasteiger partial charge in [0.05, 0.1) is 11.6 Å². The van der Waals surface area contributed by atoms with Crippen LogP contribution in [-0.4, -0.2) is 22.0 Å². The van der Waals surface area contributed by atoms with Crippen LogP contribution in [0.15, 0.2) is 69.2 Å². The Kier molecular flexibility index (Phi) is 4.79. The van der Waals surface area contributed by atoms with Crippen molar-refractivity contribution in [3.05, 3.63) is 87.3 Å². The summed E-state index contributed by atoms with van der Waals surface area (Å²) in [6, 6.07) is 12.7. The van der Waals surface area contributed by atoms with E-state index in [1.54, 1.807) is 31.2 Å². The molecule has 8 heteroatoms. The van der Waals surface area contributed by atoms with Crippen molar-refractivity contribution in [2.45, 2.75) is 13.0 Å². The van der Waals surface area contributed by atoms with Gasteiger partial charge in [-0.3, -0.25) is 14.5 Å². The number of anilines is 1. The van der Waals surface area contributed by atoms with Crippen LogP contribution in [0.5, 0.6) is 0 Å². The van der Waals surface area contributed by atoms with Crippen molar-refractivity contribution in [3.8, 4) is 0 Å². The lowest BCUT2D eigenvalue weighted by atomic mass is 9.95. The molecule has 0 saturated carbocycles. The van der Waals surface area contributed by atoms with Crippen LogP contribution in [0.25, 0.3) is 5.76 Å². The summed E-state index contributed by atoms with van der Waals surface area (Å²) < 4.78 is 19.1. The van der Waals surface area contributed by atoms with Crippen LogP contribution in [0.2, 0.25) is 0 Å². The molecule has 6 nitrogen and oxygen atoms in total. The average Bonchev–Trinajstić information content (AvgIpc) is 3.23. The molecule has 29 heavy (non-hydrogen) atoms. The molecule has 1 N–H and O–H groups in total. The lowest BCUT2D eigenvalue weighted by Gasteiger charge is -2.23. The fourth-order valence-electron chi connectivity index (χ4n) is 3.29. The molecule has 0 spiro atoms. The lowest BCUT2D eigenvalue weighted by Crippen LogP contribution is -2.29. The van der Waals surface area contributed by atoms with Gasteiger partial charge < -0.3 is 9.63 Å². The van der Waals surface area contributed by atoms with Gasteiger partial charge in [-0.05, 0) is 48.9 Å². The Morgan fingerprint density at radius 2 is 1.90 bits per heavy atom. The smallest absolute Gasteiger partial charge is 0.301 e. The first-order chi connectivity index (χ1) is 13.9. The summed E-state index contributed by atoms with van der Waals surface area (Å²) in [4.78, 5) is 26.9. The van der Waals surface area contributed by atoms with E-state index in [1.807, 2.05) is 0 Å². The van der Waals surface area contributed by atoms with Gasteiger partial charge in [0, 0.05) is 16.1 Å². The van der Waals surface area contributed by atoms with Crippen LogP contribution in [0, 0.1) is 12.7 Å². The van der Waals surface area contributed by atoms with E-state index in [0.717, 1.165) is 4.47 Å². The highest BCUT2D eigenvalue weighted by atomic mass is 79.9. The van der Waals surface area contributed by atoms with Crippen molar-refractivity contribution < 1.29 is 23.6 Å². The van der Waals surface area contributed by atoms with Gasteiger partial charge in [-0.25, -0.2) is 4.39 Å². The number of Topliss-reactive ketones (excluding diaryl/α,β-unsaturated/α-hetero) is 1. The van der Waals surface area contributed by atoms with Crippen molar-refractivity contribution >= 4 is 39.2 Å². The fourth-order valence-corrected chi connectivity index (χ4v) is 3.71. The molecule has 0 radical (unpaired) electrons. The third-order valence-corrected chi connectivity index (χ3v) is 5.08. The number of halogens is 2. The molecule has 1 unspecified atom stereocenters. The molecule has 1 atom stereocenters. The fraction of sp³-hybridized carbons (Fsp3) is 0.0952. The Bertz CT molecular complexity index is 1150. The van der Waals surface area contributed by atoms with Crippen molar-refractivity contribution in [3.63, 3.8) is 0 Å². The summed E-state index contributed by atoms with van der Waals surface area (Å²) in [7, 11) is 0. The molecule has 4 rings (SSSR count). The summed E-state index contributed by atoms with van der Waals surface area (Å²) in [6.45, 7) is 1.67. The molecule has 1 fully saturated rings. The molecule has 0 aliphatic carbocycles. The molecule has 0 bridgehead atoms. The zero-order chi connectivity index (χ0) is 20.7. The van der Waals surface area contributed by atoms with E-state index < -0.39 is 29.3 Å². The second-order valence-corrected chi connectivity index (χ2v) is 7.44. The Morgan fingerprint density at radius 1 is 1.17 bits per heavy atom. The van der Waals surface area contributed by atoms with Gasteiger partial charge in [0.25, 0.3) is 5.78 Å². The highest BCUT2D eigenvalue weighted by Crippen LogP contribution is 2.42. The van der Waals surface area contributed by atoms with Gasteiger partial charge in [-0.15, -0.1) is 0 Å². The van der Waals surface area contributed by atoms with E-state index in [4.69, 9.17) is 4.52 Å². The first kappa shape index (κ1) is 19.1. The number of aliphatic hydroxyl groups is 1. The largest absolute Gasteiger partial charge is 0.507 e. The molecule has 1 aromatic heterocycles. The Labute approximate surface area is 173 Å². The number of aliphatic hydroxyl groups excluding tert-OH is 1. The number of rotatable bonds is 3. The van der Waals surface area contributed by atoms with E-state index in [-0.39, 0.29) is 17.0 Å². The molecule has 3 aromatic rings. The maximum atomic E-state index is 13.3. The van der Waals surface area contributed by atoms with E-state index in [9.17, 15) is 19.1 Å². The monoisotopic (exact) mass is 456 g/mol. The Hall–Kier alpha value is -3.26. The van der Waals surface area contributed by atoms with Gasteiger partial charge in [-0.1, -0.05) is 33.2 Å². The maximum absolute atomic E-state index is 13.3. The number of aromatic nitrogens is 1. The normalized spacial score (nSPS) is 18.4. The third-order valence-electron chi connectivity index (χ3n) is 4.59. The zero-order valence-electron chi connectivity index (χ0n) is 15.1. The molecule has 146 valence electrons. The highest BCUT2D eigenvalue weighted by molar-refractivity contribution is 9.10. The van der Waals surface area contributed by atoms with Crippen LogP contribution in [-0.2, 0) is 9.59 Å². The number of carbonyl (C=O) groups excluding carboxylic acids is 2. The SMILES string of the molecule is Cc1cc(N2C(=O)C(=O)C(=C(O)c3ccc(F)cc3)C2c2cccc(Br)c2)no1. The molecule has 1 saturated heterocycles. The predicted molar refractivity (Wildman–Crippen MR) is 107 cm³/mol. The zero-order valence-corrected chi connectivity index (χ0v) is 16.7. The average molecular weight is 457 g/mol. The third kappa shape index (κ3) is 3.36. The number of hydrogen-bond acceptors (Lipinski definition) is 5. The number of nitrogens with zero attached hydrogens (tertiary/aromatic N) is 2. The van der Waals surface area contributed by atoms with Crippen molar-refractivity contribution in [2.24, 2.45) is 0 Å².